The molecule has 1 heterocycles. The summed E-state index contributed by atoms with van der Waals surface area (Å²) in [6, 6.07) is 10.5. The van der Waals surface area contributed by atoms with Crippen molar-refractivity contribution in [3.63, 3.8) is 0 Å². The van der Waals surface area contributed by atoms with Crippen LogP contribution in [0.5, 0.6) is 11.5 Å². The number of benzene rings is 2. The van der Waals surface area contributed by atoms with Gasteiger partial charge in [-0.1, -0.05) is 12.1 Å². The van der Waals surface area contributed by atoms with Gasteiger partial charge in [0.2, 0.25) is 10.0 Å². The monoisotopic (exact) mass is 461 g/mol. The smallest absolute Gasteiger partial charge is 0.313 e. The molecule has 2 aromatic carbocycles. The van der Waals surface area contributed by atoms with Crippen LogP contribution in [0.25, 0.3) is 0 Å². The molecule has 172 valence electrons. The van der Waals surface area contributed by atoms with Gasteiger partial charge >= 0.3 is 11.8 Å². The van der Waals surface area contributed by atoms with E-state index >= 15 is 0 Å². The van der Waals surface area contributed by atoms with Gasteiger partial charge in [0.25, 0.3) is 0 Å². The van der Waals surface area contributed by atoms with Crippen molar-refractivity contribution in [1.82, 2.24) is 5.32 Å². The number of hydrogen-bond acceptors (Lipinski definition) is 6. The number of carbonyl (C=O) groups excluding carboxylic acids is 2. The lowest BCUT2D eigenvalue weighted by atomic mass is 10.0. The number of sulfonamides is 1. The Labute approximate surface area is 187 Å². The summed E-state index contributed by atoms with van der Waals surface area (Å²) in [6.07, 6.45) is 3.14. The highest BCUT2D eigenvalue weighted by atomic mass is 32.2. The number of rotatable bonds is 7. The first kappa shape index (κ1) is 23.4. The average Bonchev–Trinajstić information content (AvgIpc) is 2.77. The van der Waals surface area contributed by atoms with Crippen molar-refractivity contribution in [1.29, 1.82) is 0 Å². The van der Waals surface area contributed by atoms with Crippen LogP contribution in [0.15, 0.2) is 36.4 Å². The Morgan fingerprint density at radius 3 is 2.47 bits per heavy atom. The van der Waals surface area contributed by atoms with Crippen molar-refractivity contribution in [3.05, 3.63) is 47.5 Å². The van der Waals surface area contributed by atoms with Gasteiger partial charge in [-0.2, -0.15) is 0 Å². The van der Waals surface area contributed by atoms with Crippen LogP contribution in [-0.4, -0.2) is 53.8 Å². The molecule has 0 spiro atoms. The molecule has 0 bridgehead atoms. The molecule has 3 rings (SSSR count). The maximum atomic E-state index is 12.3. The number of fused-ring (bicyclic) bond motifs is 1. The summed E-state index contributed by atoms with van der Waals surface area (Å²) in [5.41, 5.74) is 2.70. The third-order valence-corrected chi connectivity index (χ3v) is 6.35. The Morgan fingerprint density at radius 1 is 1.03 bits per heavy atom. The zero-order valence-corrected chi connectivity index (χ0v) is 19.1. The van der Waals surface area contributed by atoms with Crippen molar-refractivity contribution < 1.29 is 27.5 Å². The fourth-order valence-electron chi connectivity index (χ4n) is 3.59. The Balaban J connectivity index is 1.59. The predicted molar refractivity (Wildman–Crippen MR) is 122 cm³/mol. The molecule has 0 radical (unpaired) electrons. The minimum atomic E-state index is -3.42. The zero-order valence-electron chi connectivity index (χ0n) is 18.3. The highest BCUT2D eigenvalue weighted by molar-refractivity contribution is 7.92. The highest BCUT2D eigenvalue weighted by Crippen LogP contribution is 2.31. The van der Waals surface area contributed by atoms with Crippen LogP contribution in [0.4, 0.5) is 11.4 Å². The molecule has 0 saturated carbocycles. The van der Waals surface area contributed by atoms with Gasteiger partial charge < -0.3 is 20.1 Å². The van der Waals surface area contributed by atoms with E-state index in [2.05, 4.69) is 10.6 Å². The molecule has 2 N–H and O–H groups in total. The first-order chi connectivity index (χ1) is 15.2. The standard InChI is InChI=1S/C22H27N3O6S/c1-30-19-9-6-15(13-20(19)31-2)10-11-23-21(26)22(27)24-17-8-7-16-5-4-12-25(18(16)14-17)32(3,28)29/h6-9,13-14H,4-5,10-12H2,1-3H3,(H,23,26)(H,24,27). The second-order valence-electron chi connectivity index (χ2n) is 7.43. The second kappa shape index (κ2) is 9.90. The summed E-state index contributed by atoms with van der Waals surface area (Å²) in [4.78, 5) is 24.5. The van der Waals surface area contributed by atoms with E-state index in [1.54, 1.807) is 38.5 Å². The van der Waals surface area contributed by atoms with Gasteiger partial charge in [-0.25, -0.2) is 8.42 Å². The zero-order chi connectivity index (χ0) is 23.3. The van der Waals surface area contributed by atoms with Crippen LogP contribution in [0, 0.1) is 0 Å². The van der Waals surface area contributed by atoms with E-state index in [1.165, 1.54) is 4.31 Å². The number of carbonyl (C=O) groups is 2. The lowest BCUT2D eigenvalue weighted by molar-refractivity contribution is -0.136. The molecule has 9 nitrogen and oxygen atoms in total. The summed E-state index contributed by atoms with van der Waals surface area (Å²) >= 11 is 0. The summed E-state index contributed by atoms with van der Waals surface area (Å²) in [5.74, 6) is -0.397. The van der Waals surface area contributed by atoms with Gasteiger partial charge in [-0.3, -0.25) is 13.9 Å². The summed E-state index contributed by atoms with van der Waals surface area (Å²) in [5, 5.41) is 5.12. The number of ether oxygens (including phenoxy) is 2. The molecule has 0 aromatic heterocycles. The van der Waals surface area contributed by atoms with Gasteiger partial charge in [-0.05, 0) is 54.7 Å². The molecule has 1 aliphatic heterocycles. The SMILES string of the molecule is COc1ccc(CCNC(=O)C(=O)Nc2ccc3c(c2)N(S(C)(=O)=O)CCC3)cc1OC. The topological polar surface area (TPSA) is 114 Å². The molecule has 0 atom stereocenters. The number of anilines is 2. The van der Waals surface area contributed by atoms with Crippen LogP contribution >= 0.6 is 0 Å². The number of methoxy groups -OCH3 is 2. The van der Waals surface area contributed by atoms with E-state index in [9.17, 15) is 18.0 Å². The van der Waals surface area contributed by atoms with Gasteiger partial charge in [-0.15, -0.1) is 0 Å². The molecule has 0 fully saturated rings. The first-order valence-electron chi connectivity index (χ1n) is 10.1. The molecule has 2 amide bonds. The van der Waals surface area contributed by atoms with E-state index in [-0.39, 0.29) is 6.54 Å². The lowest BCUT2D eigenvalue weighted by Gasteiger charge is -2.29. The first-order valence-corrected chi connectivity index (χ1v) is 12.0. The van der Waals surface area contributed by atoms with Crippen LogP contribution in [0.3, 0.4) is 0 Å². The average molecular weight is 462 g/mol. The van der Waals surface area contributed by atoms with Crippen molar-refractivity contribution >= 4 is 33.2 Å². The molecular formula is C22H27N3O6S. The summed E-state index contributed by atoms with van der Waals surface area (Å²) in [6.45, 7) is 0.646. The predicted octanol–water partition coefficient (Wildman–Crippen LogP) is 1.71. The molecule has 0 saturated heterocycles. The Bertz CT molecular complexity index is 1120. The third kappa shape index (κ3) is 5.50. The normalized spacial score (nSPS) is 13.2. The Hall–Kier alpha value is -3.27. The molecule has 1 aliphatic rings. The number of aryl methyl sites for hydroxylation is 1. The van der Waals surface area contributed by atoms with Crippen molar-refractivity contribution in [3.8, 4) is 11.5 Å². The maximum absolute atomic E-state index is 12.3. The Kier molecular flexibility index (Phi) is 7.24. The summed E-state index contributed by atoms with van der Waals surface area (Å²) in [7, 11) is -0.326. The number of nitrogens with zero attached hydrogens (tertiary/aromatic N) is 1. The molecule has 10 heteroatoms. The third-order valence-electron chi connectivity index (χ3n) is 5.17. The van der Waals surface area contributed by atoms with Gasteiger partial charge in [0, 0.05) is 18.8 Å². The quantitative estimate of drug-likeness (QED) is 0.607. The maximum Gasteiger partial charge on any atom is 0.313 e. The van der Waals surface area contributed by atoms with Crippen molar-refractivity contribution in [2.75, 3.05) is 43.2 Å². The Morgan fingerprint density at radius 2 is 1.78 bits per heavy atom. The fraction of sp³-hybridized carbons (Fsp3) is 0.364. The number of amides is 2. The van der Waals surface area contributed by atoms with E-state index in [0.29, 0.717) is 35.8 Å². The largest absolute Gasteiger partial charge is 0.493 e. The molecule has 0 aliphatic carbocycles. The minimum Gasteiger partial charge on any atom is -0.493 e. The van der Waals surface area contributed by atoms with Crippen LogP contribution in [0.2, 0.25) is 0 Å². The van der Waals surface area contributed by atoms with E-state index in [4.69, 9.17) is 9.47 Å². The number of hydrogen-bond donors (Lipinski definition) is 2. The molecule has 32 heavy (non-hydrogen) atoms. The molecule has 0 unspecified atom stereocenters. The summed E-state index contributed by atoms with van der Waals surface area (Å²) < 4.78 is 35.9. The van der Waals surface area contributed by atoms with Crippen molar-refractivity contribution in [2.24, 2.45) is 0 Å². The molecule has 2 aromatic rings. The fourth-order valence-corrected chi connectivity index (χ4v) is 4.58. The van der Waals surface area contributed by atoms with Gasteiger partial charge in [0.15, 0.2) is 11.5 Å². The molecular weight excluding hydrogens is 434 g/mol. The van der Waals surface area contributed by atoms with Gasteiger partial charge in [0.05, 0.1) is 26.2 Å². The van der Waals surface area contributed by atoms with E-state index in [0.717, 1.165) is 30.2 Å². The highest BCUT2D eigenvalue weighted by Gasteiger charge is 2.24. The number of nitrogens with one attached hydrogen (secondary N) is 2. The van der Waals surface area contributed by atoms with Crippen LogP contribution < -0.4 is 24.4 Å². The lowest BCUT2D eigenvalue weighted by Crippen LogP contribution is -2.37. The van der Waals surface area contributed by atoms with Crippen LogP contribution in [0.1, 0.15) is 17.5 Å². The van der Waals surface area contributed by atoms with E-state index in [1.807, 2.05) is 12.1 Å². The van der Waals surface area contributed by atoms with E-state index < -0.39 is 21.8 Å². The minimum absolute atomic E-state index is 0.258. The van der Waals surface area contributed by atoms with Gasteiger partial charge in [0.1, 0.15) is 0 Å². The van der Waals surface area contributed by atoms with Crippen molar-refractivity contribution in [2.45, 2.75) is 19.3 Å². The second-order valence-corrected chi connectivity index (χ2v) is 9.34. The van der Waals surface area contributed by atoms with Crippen LogP contribution in [-0.2, 0) is 32.5 Å².